The summed E-state index contributed by atoms with van der Waals surface area (Å²) in [6, 6.07) is 12.7. The summed E-state index contributed by atoms with van der Waals surface area (Å²) in [6.07, 6.45) is 0. The Labute approximate surface area is 154 Å². The predicted molar refractivity (Wildman–Crippen MR) is 108 cm³/mol. The molecule has 0 aliphatic rings. The van der Waals surface area contributed by atoms with Crippen molar-refractivity contribution in [3.8, 4) is 0 Å². The van der Waals surface area contributed by atoms with Crippen molar-refractivity contribution >= 4 is 41.3 Å². The third kappa shape index (κ3) is 5.61. The van der Waals surface area contributed by atoms with Gasteiger partial charge in [-0.1, -0.05) is 37.3 Å². The molecular formula is C17H24IN3S. The van der Waals surface area contributed by atoms with Gasteiger partial charge in [0.05, 0.1) is 0 Å². The summed E-state index contributed by atoms with van der Waals surface area (Å²) < 4.78 is 0. The molecule has 0 amide bonds. The molecule has 22 heavy (non-hydrogen) atoms. The van der Waals surface area contributed by atoms with E-state index in [1.165, 1.54) is 16.0 Å². The Morgan fingerprint density at radius 2 is 1.95 bits per heavy atom. The maximum absolute atomic E-state index is 4.28. The van der Waals surface area contributed by atoms with E-state index in [1.807, 2.05) is 7.05 Å². The Kier molecular flexibility index (Phi) is 8.48. The summed E-state index contributed by atoms with van der Waals surface area (Å²) in [7, 11) is 1.81. The van der Waals surface area contributed by atoms with Gasteiger partial charge in [0.2, 0.25) is 0 Å². The van der Waals surface area contributed by atoms with Gasteiger partial charge in [0.25, 0.3) is 0 Å². The van der Waals surface area contributed by atoms with Gasteiger partial charge in [-0.05, 0) is 29.5 Å². The molecule has 0 bridgehead atoms. The van der Waals surface area contributed by atoms with Crippen LogP contribution in [0.15, 0.2) is 46.8 Å². The van der Waals surface area contributed by atoms with Gasteiger partial charge in [-0.2, -0.15) is 0 Å². The van der Waals surface area contributed by atoms with E-state index in [2.05, 4.69) is 71.3 Å². The van der Waals surface area contributed by atoms with Crippen LogP contribution in [0.3, 0.4) is 0 Å². The molecule has 1 aromatic heterocycles. The number of aliphatic imine (C=N–C) groups is 1. The molecule has 120 valence electrons. The first-order valence-corrected chi connectivity index (χ1v) is 8.11. The Hall–Kier alpha value is -1.08. The summed E-state index contributed by atoms with van der Waals surface area (Å²) in [5, 5.41) is 8.88. The van der Waals surface area contributed by atoms with E-state index in [0.29, 0.717) is 5.92 Å². The second kappa shape index (κ2) is 9.84. The molecule has 5 heteroatoms. The minimum Gasteiger partial charge on any atom is -0.356 e. The number of hydrogen-bond acceptors (Lipinski definition) is 2. The number of aryl methyl sites for hydroxylation is 1. The number of hydrogen-bond donors (Lipinski definition) is 2. The number of guanidine groups is 1. The molecule has 1 unspecified atom stereocenters. The third-order valence-electron chi connectivity index (χ3n) is 3.54. The van der Waals surface area contributed by atoms with Crippen molar-refractivity contribution in [1.82, 2.24) is 10.6 Å². The largest absolute Gasteiger partial charge is 0.356 e. The number of nitrogens with one attached hydrogen (secondary N) is 2. The van der Waals surface area contributed by atoms with Crippen molar-refractivity contribution in [2.24, 2.45) is 4.99 Å². The summed E-state index contributed by atoms with van der Waals surface area (Å²) >= 11 is 1.80. The molecule has 1 atom stereocenters. The lowest BCUT2D eigenvalue weighted by Gasteiger charge is -2.16. The Balaban J connectivity index is 0.00000242. The number of benzene rings is 1. The molecule has 2 aromatic rings. The minimum atomic E-state index is 0. The zero-order chi connectivity index (χ0) is 15.1. The number of thiophene rings is 1. The smallest absolute Gasteiger partial charge is 0.191 e. The number of rotatable bonds is 5. The van der Waals surface area contributed by atoms with Crippen LogP contribution in [0, 0.1) is 6.92 Å². The van der Waals surface area contributed by atoms with Gasteiger partial charge < -0.3 is 10.6 Å². The van der Waals surface area contributed by atoms with Crippen LogP contribution in [0.5, 0.6) is 0 Å². The van der Waals surface area contributed by atoms with E-state index in [0.717, 1.165) is 19.0 Å². The SMILES string of the molecule is CN=C(NCc1ccccc1C)NCC(C)c1cccs1.I. The Bertz CT molecular complexity index is 581. The maximum atomic E-state index is 4.28. The van der Waals surface area contributed by atoms with Crippen LogP contribution in [0.2, 0.25) is 0 Å². The molecule has 0 aliphatic heterocycles. The van der Waals surface area contributed by atoms with Crippen LogP contribution in [0.25, 0.3) is 0 Å². The van der Waals surface area contributed by atoms with Gasteiger partial charge in [-0.3, -0.25) is 4.99 Å². The second-order valence-electron chi connectivity index (χ2n) is 5.15. The van der Waals surface area contributed by atoms with Gasteiger partial charge >= 0.3 is 0 Å². The van der Waals surface area contributed by atoms with Crippen LogP contribution in [0.4, 0.5) is 0 Å². The first-order chi connectivity index (χ1) is 10.2. The second-order valence-corrected chi connectivity index (χ2v) is 6.13. The first kappa shape index (κ1) is 19.0. The van der Waals surface area contributed by atoms with Crippen LogP contribution in [-0.2, 0) is 6.54 Å². The minimum absolute atomic E-state index is 0. The monoisotopic (exact) mass is 429 g/mol. The van der Waals surface area contributed by atoms with Gasteiger partial charge in [0.1, 0.15) is 0 Å². The fraction of sp³-hybridized carbons (Fsp3) is 0.353. The van der Waals surface area contributed by atoms with Gasteiger partial charge in [0, 0.05) is 30.9 Å². The average molecular weight is 429 g/mol. The highest BCUT2D eigenvalue weighted by molar-refractivity contribution is 14.0. The van der Waals surface area contributed by atoms with Crippen molar-refractivity contribution in [3.63, 3.8) is 0 Å². The van der Waals surface area contributed by atoms with Crippen molar-refractivity contribution < 1.29 is 0 Å². The quantitative estimate of drug-likeness (QED) is 0.426. The first-order valence-electron chi connectivity index (χ1n) is 7.23. The fourth-order valence-corrected chi connectivity index (χ4v) is 2.92. The Morgan fingerprint density at radius 3 is 2.59 bits per heavy atom. The zero-order valence-corrected chi connectivity index (χ0v) is 16.4. The average Bonchev–Trinajstić information content (AvgIpc) is 3.03. The molecule has 1 aromatic carbocycles. The zero-order valence-electron chi connectivity index (χ0n) is 13.3. The molecule has 0 radical (unpaired) electrons. The topological polar surface area (TPSA) is 36.4 Å². The van der Waals surface area contributed by atoms with E-state index in [9.17, 15) is 0 Å². The predicted octanol–water partition coefficient (Wildman–Crippen LogP) is 4.14. The van der Waals surface area contributed by atoms with E-state index < -0.39 is 0 Å². The highest BCUT2D eigenvalue weighted by atomic mass is 127. The maximum Gasteiger partial charge on any atom is 0.191 e. The molecule has 0 saturated carbocycles. The Morgan fingerprint density at radius 1 is 1.18 bits per heavy atom. The standard InChI is InChI=1S/C17H23N3S.HI/c1-13-7-4-5-8-15(13)12-20-17(18-3)19-11-14(2)16-9-6-10-21-16;/h4-10,14H,11-12H2,1-3H3,(H2,18,19,20);1H. The number of halogens is 1. The molecular weight excluding hydrogens is 405 g/mol. The van der Waals surface area contributed by atoms with Gasteiger partial charge in [-0.25, -0.2) is 0 Å². The van der Waals surface area contributed by atoms with E-state index in [4.69, 9.17) is 0 Å². The molecule has 0 spiro atoms. The van der Waals surface area contributed by atoms with Crippen LogP contribution < -0.4 is 10.6 Å². The molecule has 3 nitrogen and oxygen atoms in total. The lowest BCUT2D eigenvalue weighted by atomic mass is 10.1. The highest BCUT2D eigenvalue weighted by Crippen LogP contribution is 2.19. The summed E-state index contributed by atoms with van der Waals surface area (Å²) in [4.78, 5) is 5.68. The van der Waals surface area contributed by atoms with Gasteiger partial charge in [0.15, 0.2) is 5.96 Å². The van der Waals surface area contributed by atoms with Crippen molar-refractivity contribution in [2.75, 3.05) is 13.6 Å². The van der Waals surface area contributed by atoms with Crippen LogP contribution >= 0.6 is 35.3 Å². The molecule has 0 aliphatic carbocycles. The lowest BCUT2D eigenvalue weighted by Crippen LogP contribution is -2.38. The van der Waals surface area contributed by atoms with E-state index in [-0.39, 0.29) is 24.0 Å². The summed E-state index contributed by atoms with van der Waals surface area (Å²) in [5.41, 5.74) is 2.60. The molecule has 0 fully saturated rings. The number of nitrogens with zero attached hydrogens (tertiary/aromatic N) is 1. The normalized spacial score (nSPS) is 12.4. The van der Waals surface area contributed by atoms with E-state index >= 15 is 0 Å². The highest BCUT2D eigenvalue weighted by Gasteiger charge is 2.07. The fourth-order valence-electron chi connectivity index (χ4n) is 2.13. The lowest BCUT2D eigenvalue weighted by molar-refractivity contribution is 0.708. The summed E-state index contributed by atoms with van der Waals surface area (Å²) in [5.74, 6) is 1.34. The van der Waals surface area contributed by atoms with E-state index in [1.54, 1.807) is 11.3 Å². The third-order valence-corrected chi connectivity index (χ3v) is 4.64. The molecule has 2 rings (SSSR count). The van der Waals surface area contributed by atoms with Gasteiger partial charge in [-0.15, -0.1) is 35.3 Å². The van der Waals surface area contributed by atoms with Crippen LogP contribution in [-0.4, -0.2) is 19.6 Å². The van der Waals surface area contributed by atoms with Crippen molar-refractivity contribution in [1.29, 1.82) is 0 Å². The molecule has 0 saturated heterocycles. The van der Waals surface area contributed by atoms with Crippen LogP contribution in [0.1, 0.15) is 28.8 Å². The molecule has 2 N–H and O–H groups in total. The van der Waals surface area contributed by atoms with Crippen molar-refractivity contribution in [3.05, 3.63) is 57.8 Å². The summed E-state index contributed by atoms with van der Waals surface area (Å²) in [6.45, 7) is 6.03. The molecule has 1 heterocycles. The van der Waals surface area contributed by atoms with Crippen molar-refractivity contribution in [2.45, 2.75) is 26.3 Å².